The fraction of sp³-hybridized carbons (Fsp3) is 0.667. The van der Waals surface area contributed by atoms with E-state index < -0.39 is 0 Å². The monoisotopic (exact) mass is 291 g/mol. The van der Waals surface area contributed by atoms with Crippen LogP contribution in [-0.2, 0) is 6.42 Å². The predicted octanol–water partition coefficient (Wildman–Crippen LogP) is 3.19. The van der Waals surface area contributed by atoms with Gasteiger partial charge in [-0.3, -0.25) is 16.2 Å². The van der Waals surface area contributed by atoms with Crippen LogP contribution in [0.25, 0.3) is 0 Å². The van der Waals surface area contributed by atoms with Crippen LogP contribution in [-0.4, -0.2) is 29.6 Å². The Morgan fingerprint density at radius 2 is 1.76 bits per heavy atom. The van der Waals surface area contributed by atoms with Gasteiger partial charge >= 0.3 is 0 Å². The number of hydrazine groups is 1. The lowest BCUT2D eigenvalue weighted by molar-refractivity contribution is 0.0701. The Bertz CT molecular complexity index is 440. The normalized spacial score (nSPS) is 16.0. The summed E-state index contributed by atoms with van der Waals surface area (Å²) in [5.41, 5.74) is 7.20. The van der Waals surface area contributed by atoms with Crippen molar-refractivity contribution in [2.45, 2.75) is 66.0 Å². The number of rotatable bonds is 8. The second-order valence-corrected chi connectivity index (χ2v) is 6.23. The molecule has 1 aromatic carbocycles. The summed E-state index contributed by atoms with van der Waals surface area (Å²) in [6, 6.07) is 6.96. The molecule has 0 fully saturated rings. The van der Waals surface area contributed by atoms with Crippen LogP contribution >= 0.6 is 0 Å². The van der Waals surface area contributed by atoms with E-state index in [1.165, 1.54) is 16.7 Å². The summed E-state index contributed by atoms with van der Waals surface area (Å²) in [5, 5.41) is 0. The maximum atomic E-state index is 5.92. The summed E-state index contributed by atoms with van der Waals surface area (Å²) in [6.07, 6.45) is 2.03. The second kappa shape index (κ2) is 7.92. The number of aryl methyl sites for hydroxylation is 2. The molecule has 2 atom stereocenters. The molecule has 1 aromatic rings. The zero-order valence-corrected chi connectivity index (χ0v) is 14.7. The van der Waals surface area contributed by atoms with E-state index in [1.807, 2.05) is 0 Å². The fourth-order valence-corrected chi connectivity index (χ4v) is 3.26. The number of hydrogen-bond donors (Lipinski definition) is 2. The summed E-state index contributed by atoms with van der Waals surface area (Å²) in [4.78, 5) is 2.51. The summed E-state index contributed by atoms with van der Waals surface area (Å²) in [5.74, 6) is 5.92. The number of nitrogens with two attached hydrogens (primary N) is 1. The zero-order chi connectivity index (χ0) is 16.0. The number of benzene rings is 1. The number of nitrogens with one attached hydrogen (secondary N) is 1. The third-order valence-electron chi connectivity index (χ3n) is 5.16. The molecule has 0 saturated heterocycles. The molecule has 3 N–H and O–H groups in total. The summed E-state index contributed by atoms with van der Waals surface area (Å²) >= 11 is 0. The van der Waals surface area contributed by atoms with Crippen molar-refractivity contribution in [1.29, 1.82) is 0 Å². The first-order valence-electron chi connectivity index (χ1n) is 8.20. The van der Waals surface area contributed by atoms with Crippen molar-refractivity contribution in [3.05, 3.63) is 34.9 Å². The Morgan fingerprint density at radius 3 is 2.19 bits per heavy atom. The molecule has 21 heavy (non-hydrogen) atoms. The summed E-state index contributed by atoms with van der Waals surface area (Å²) in [7, 11) is 0. The molecule has 120 valence electrons. The highest BCUT2D eigenvalue weighted by atomic mass is 15.3. The topological polar surface area (TPSA) is 41.3 Å². The van der Waals surface area contributed by atoms with E-state index in [-0.39, 0.29) is 11.6 Å². The molecule has 2 unspecified atom stereocenters. The van der Waals surface area contributed by atoms with Gasteiger partial charge in [0.1, 0.15) is 0 Å². The molecule has 0 aliphatic carbocycles. The molecule has 0 aliphatic rings. The van der Waals surface area contributed by atoms with Gasteiger partial charge in [0.15, 0.2) is 0 Å². The number of likely N-dealkylation sites (N-methyl/N-ethyl adjacent to an activating group) is 1. The first-order valence-corrected chi connectivity index (χ1v) is 8.20. The third-order valence-corrected chi connectivity index (χ3v) is 5.16. The Hall–Kier alpha value is -0.900. The van der Waals surface area contributed by atoms with E-state index in [0.717, 1.165) is 25.9 Å². The molecule has 3 nitrogen and oxygen atoms in total. The Labute approximate surface area is 130 Å². The van der Waals surface area contributed by atoms with Gasteiger partial charge in [-0.25, -0.2) is 0 Å². The molecule has 0 saturated carbocycles. The lowest BCUT2D eigenvalue weighted by Gasteiger charge is -2.45. The van der Waals surface area contributed by atoms with Crippen molar-refractivity contribution >= 4 is 0 Å². The molecule has 0 aromatic heterocycles. The Balaban J connectivity index is 3.01. The Morgan fingerprint density at radius 1 is 1.14 bits per heavy atom. The van der Waals surface area contributed by atoms with Gasteiger partial charge in [0.05, 0.1) is 0 Å². The highest BCUT2D eigenvalue weighted by molar-refractivity contribution is 5.30. The zero-order valence-electron chi connectivity index (χ0n) is 14.7. The number of hydrogen-bond acceptors (Lipinski definition) is 3. The van der Waals surface area contributed by atoms with E-state index in [4.69, 9.17) is 5.84 Å². The molecule has 0 radical (unpaired) electrons. The molecular formula is C18H33N3. The maximum Gasteiger partial charge on any atom is 0.0432 e. The molecule has 1 rings (SSSR count). The van der Waals surface area contributed by atoms with Gasteiger partial charge < -0.3 is 0 Å². The van der Waals surface area contributed by atoms with Crippen LogP contribution in [0.3, 0.4) is 0 Å². The van der Waals surface area contributed by atoms with Crippen molar-refractivity contribution in [2.24, 2.45) is 5.84 Å². The molecule has 0 heterocycles. The van der Waals surface area contributed by atoms with Crippen LogP contribution in [0.1, 0.15) is 50.8 Å². The average Bonchev–Trinajstić information content (AvgIpc) is 2.49. The molecule has 0 bridgehead atoms. The third kappa shape index (κ3) is 4.06. The number of nitrogens with zero attached hydrogens (tertiary/aromatic N) is 1. The van der Waals surface area contributed by atoms with Crippen LogP contribution < -0.4 is 11.3 Å². The lowest BCUT2D eigenvalue weighted by atomic mass is 9.83. The minimum atomic E-state index is 0.0665. The second-order valence-electron chi connectivity index (χ2n) is 6.23. The highest BCUT2D eigenvalue weighted by Crippen LogP contribution is 2.26. The van der Waals surface area contributed by atoms with Gasteiger partial charge in [-0.2, -0.15) is 0 Å². The molecule has 0 amide bonds. The van der Waals surface area contributed by atoms with Crippen LogP contribution in [0.4, 0.5) is 0 Å². The quantitative estimate of drug-likeness (QED) is 0.571. The van der Waals surface area contributed by atoms with E-state index in [2.05, 4.69) is 70.1 Å². The van der Waals surface area contributed by atoms with Crippen molar-refractivity contribution in [2.75, 3.05) is 13.1 Å². The van der Waals surface area contributed by atoms with E-state index >= 15 is 0 Å². The Kier molecular flexibility index (Phi) is 6.85. The predicted molar refractivity (Wildman–Crippen MR) is 92.3 cm³/mol. The van der Waals surface area contributed by atoms with Gasteiger partial charge in [-0.05, 0) is 63.4 Å². The van der Waals surface area contributed by atoms with Crippen LogP contribution in [0.15, 0.2) is 18.2 Å². The van der Waals surface area contributed by atoms with Gasteiger partial charge in [0, 0.05) is 11.6 Å². The van der Waals surface area contributed by atoms with Gasteiger partial charge in [-0.1, -0.05) is 39.0 Å². The lowest BCUT2D eigenvalue weighted by Crippen LogP contribution is -2.61. The van der Waals surface area contributed by atoms with Crippen molar-refractivity contribution in [3.63, 3.8) is 0 Å². The molecular weight excluding hydrogens is 258 g/mol. The highest BCUT2D eigenvalue weighted by Gasteiger charge is 2.36. The van der Waals surface area contributed by atoms with Crippen LogP contribution in [0.5, 0.6) is 0 Å². The molecule has 0 spiro atoms. The SMILES string of the molecule is CCN(CC)C(C)(CC)C(Cc1ccc(C)c(C)c1)NN. The van der Waals surface area contributed by atoms with Crippen molar-refractivity contribution < 1.29 is 0 Å². The van der Waals surface area contributed by atoms with Gasteiger partial charge in [0.2, 0.25) is 0 Å². The smallest absolute Gasteiger partial charge is 0.0432 e. The first-order chi connectivity index (χ1) is 9.92. The van der Waals surface area contributed by atoms with Gasteiger partial charge in [-0.15, -0.1) is 0 Å². The largest absolute Gasteiger partial charge is 0.297 e. The minimum Gasteiger partial charge on any atom is -0.297 e. The molecule has 0 aliphatic heterocycles. The van der Waals surface area contributed by atoms with E-state index in [9.17, 15) is 0 Å². The summed E-state index contributed by atoms with van der Waals surface area (Å²) in [6.45, 7) is 15.4. The first kappa shape index (κ1) is 18.1. The van der Waals surface area contributed by atoms with Crippen molar-refractivity contribution in [3.8, 4) is 0 Å². The standard InChI is InChI=1S/C18H33N3/c1-7-18(6,21(8-2)9-3)17(20-19)13-16-11-10-14(4)15(5)12-16/h10-12,17,20H,7-9,13,19H2,1-6H3. The van der Waals surface area contributed by atoms with Crippen LogP contribution in [0, 0.1) is 13.8 Å². The van der Waals surface area contributed by atoms with Crippen LogP contribution in [0.2, 0.25) is 0 Å². The molecule has 3 heteroatoms. The maximum absolute atomic E-state index is 5.92. The van der Waals surface area contributed by atoms with Gasteiger partial charge in [0.25, 0.3) is 0 Å². The van der Waals surface area contributed by atoms with E-state index in [0.29, 0.717) is 0 Å². The fourth-order valence-electron chi connectivity index (χ4n) is 3.26. The minimum absolute atomic E-state index is 0.0665. The van der Waals surface area contributed by atoms with Crippen molar-refractivity contribution in [1.82, 2.24) is 10.3 Å². The average molecular weight is 291 g/mol. The summed E-state index contributed by atoms with van der Waals surface area (Å²) < 4.78 is 0. The van der Waals surface area contributed by atoms with E-state index in [1.54, 1.807) is 0 Å².